The zero-order valence-corrected chi connectivity index (χ0v) is 11.7. The number of likely N-dealkylation sites (tertiary alicyclic amines) is 1. The molecule has 0 bridgehead atoms. The van der Waals surface area contributed by atoms with Gasteiger partial charge in [0.2, 0.25) is 5.91 Å². The number of allylic oxidation sites excluding steroid dienone is 1. The average Bonchev–Trinajstić information content (AvgIpc) is 2.86. The van der Waals surface area contributed by atoms with Crippen molar-refractivity contribution in [2.45, 2.75) is 25.7 Å². The van der Waals surface area contributed by atoms with Crippen molar-refractivity contribution in [3.8, 4) is 0 Å². The molecule has 100 valence electrons. The van der Waals surface area contributed by atoms with Crippen LogP contribution < -0.4 is 5.32 Å². The van der Waals surface area contributed by atoms with E-state index in [9.17, 15) is 4.79 Å². The molecule has 1 atom stereocenters. The van der Waals surface area contributed by atoms with Gasteiger partial charge in [-0.05, 0) is 25.8 Å². The van der Waals surface area contributed by atoms with Crippen LogP contribution in [0.1, 0.15) is 25.7 Å². The molecule has 0 aliphatic carbocycles. The highest BCUT2D eigenvalue weighted by Gasteiger charge is 2.41. The number of hydrogen-bond acceptors (Lipinski definition) is 2. The molecule has 0 saturated carbocycles. The summed E-state index contributed by atoms with van der Waals surface area (Å²) in [7, 11) is 0. The second kappa shape index (κ2) is 7.24. The largest absolute Gasteiger partial charge is 0.342 e. The minimum absolute atomic E-state index is 0. The monoisotopic (exact) mass is 280 g/mol. The normalized spacial score (nSPS) is 26.5. The fraction of sp³-hybridized carbons (Fsp3) is 0.750. The Hall–Kier alpha value is -0.250. The highest BCUT2D eigenvalue weighted by Crippen LogP contribution is 2.36. The molecule has 2 saturated heterocycles. The number of nitrogens with one attached hydrogen (secondary N) is 1. The lowest BCUT2D eigenvalue weighted by molar-refractivity contribution is -0.130. The molecule has 2 aliphatic heterocycles. The van der Waals surface area contributed by atoms with E-state index in [2.05, 4.69) is 11.9 Å². The van der Waals surface area contributed by atoms with Gasteiger partial charge >= 0.3 is 0 Å². The van der Waals surface area contributed by atoms with Gasteiger partial charge in [-0.2, -0.15) is 0 Å². The maximum Gasteiger partial charge on any atom is 0.222 e. The van der Waals surface area contributed by atoms with E-state index in [1.54, 1.807) is 0 Å². The number of nitrogens with zero attached hydrogens (tertiary/aromatic N) is 1. The van der Waals surface area contributed by atoms with Crippen molar-refractivity contribution in [2.24, 2.45) is 5.41 Å². The smallest absolute Gasteiger partial charge is 0.222 e. The van der Waals surface area contributed by atoms with Gasteiger partial charge in [0.15, 0.2) is 0 Å². The Bertz CT molecular complexity index is 265. The van der Waals surface area contributed by atoms with Gasteiger partial charge in [-0.3, -0.25) is 4.79 Å². The van der Waals surface area contributed by atoms with Crippen LogP contribution in [0.25, 0.3) is 0 Å². The fourth-order valence-electron chi connectivity index (χ4n) is 2.68. The standard InChI is InChI=1S/C12H20N2O.2ClH/c1-2-3-4-11(15)14-8-6-12(10-14)5-7-13-9-12;;/h2,13H,1,3-10H2;2*1H. The quantitative estimate of drug-likeness (QED) is 0.803. The molecule has 2 rings (SSSR count). The van der Waals surface area contributed by atoms with Gasteiger partial charge < -0.3 is 10.2 Å². The summed E-state index contributed by atoms with van der Waals surface area (Å²) in [6.45, 7) is 7.79. The predicted molar refractivity (Wildman–Crippen MR) is 75.0 cm³/mol. The first-order chi connectivity index (χ1) is 7.26. The van der Waals surface area contributed by atoms with Gasteiger partial charge in [0.25, 0.3) is 0 Å². The van der Waals surface area contributed by atoms with Crippen molar-refractivity contribution in [1.29, 1.82) is 0 Å². The Balaban J connectivity index is 0.00000128. The molecule has 1 unspecified atom stereocenters. The summed E-state index contributed by atoms with van der Waals surface area (Å²) in [6, 6.07) is 0. The first-order valence-corrected chi connectivity index (χ1v) is 5.85. The fourth-order valence-corrected chi connectivity index (χ4v) is 2.68. The summed E-state index contributed by atoms with van der Waals surface area (Å²) in [6.07, 6.45) is 5.67. The Morgan fingerprint density at radius 3 is 2.76 bits per heavy atom. The number of carbonyl (C=O) groups is 1. The molecule has 0 aromatic rings. The van der Waals surface area contributed by atoms with Gasteiger partial charge in [-0.25, -0.2) is 0 Å². The second-order valence-corrected chi connectivity index (χ2v) is 4.82. The molecule has 5 heteroatoms. The van der Waals surface area contributed by atoms with E-state index < -0.39 is 0 Å². The molecule has 3 nitrogen and oxygen atoms in total. The molecule has 1 N–H and O–H groups in total. The van der Waals surface area contributed by atoms with Crippen molar-refractivity contribution in [2.75, 3.05) is 26.2 Å². The minimum atomic E-state index is 0. The Morgan fingerprint density at radius 1 is 1.41 bits per heavy atom. The van der Waals surface area contributed by atoms with E-state index in [0.717, 1.165) is 32.6 Å². The average molecular weight is 281 g/mol. The van der Waals surface area contributed by atoms with Crippen LogP contribution in [0.4, 0.5) is 0 Å². The van der Waals surface area contributed by atoms with Crippen LogP contribution >= 0.6 is 24.8 Å². The van der Waals surface area contributed by atoms with Gasteiger partial charge in [0.1, 0.15) is 0 Å². The summed E-state index contributed by atoms with van der Waals surface area (Å²) >= 11 is 0. The van der Waals surface area contributed by atoms with E-state index in [1.165, 1.54) is 12.8 Å². The SMILES string of the molecule is C=CCCC(=O)N1CCC2(CCNC2)C1.Cl.Cl. The summed E-state index contributed by atoms with van der Waals surface area (Å²) < 4.78 is 0. The molecular weight excluding hydrogens is 259 g/mol. The van der Waals surface area contributed by atoms with Crippen LogP contribution in [0.2, 0.25) is 0 Å². The van der Waals surface area contributed by atoms with Crippen LogP contribution in [0.3, 0.4) is 0 Å². The van der Waals surface area contributed by atoms with E-state index in [-0.39, 0.29) is 24.8 Å². The maximum absolute atomic E-state index is 11.8. The van der Waals surface area contributed by atoms with Crippen LogP contribution in [0.5, 0.6) is 0 Å². The van der Waals surface area contributed by atoms with Gasteiger partial charge in [-0.1, -0.05) is 6.08 Å². The van der Waals surface area contributed by atoms with E-state index in [1.807, 2.05) is 11.0 Å². The first kappa shape index (κ1) is 16.8. The third-order valence-corrected chi connectivity index (χ3v) is 3.69. The predicted octanol–water partition coefficient (Wildman–Crippen LogP) is 2.01. The number of halogens is 2. The molecule has 17 heavy (non-hydrogen) atoms. The molecule has 0 aromatic carbocycles. The van der Waals surface area contributed by atoms with Crippen molar-refractivity contribution >= 4 is 30.7 Å². The zero-order chi connectivity index (χ0) is 10.7. The van der Waals surface area contributed by atoms with E-state index in [0.29, 0.717) is 17.7 Å². The van der Waals surface area contributed by atoms with Crippen LogP contribution in [0.15, 0.2) is 12.7 Å². The summed E-state index contributed by atoms with van der Waals surface area (Å²) in [4.78, 5) is 13.8. The van der Waals surface area contributed by atoms with Gasteiger partial charge in [0.05, 0.1) is 0 Å². The molecule has 1 spiro atoms. The summed E-state index contributed by atoms with van der Waals surface area (Å²) in [5.74, 6) is 0.304. The van der Waals surface area contributed by atoms with Gasteiger partial charge in [0, 0.05) is 31.5 Å². The Kier molecular flexibility index (Phi) is 7.14. The molecule has 0 aromatic heterocycles. The highest BCUT2D eigenvalue weighted by molar-refractivity contribution is 5.85. The minimum Gasteiger partial charge on any atom is -0.342 e. The van der Waals surface area contributed by atoms with Gasteiger partial charge in [-0.15, -0.1) is 31.4 Å². The molecule has 2 fully saturated rings. The lowest BCUT2D eigenvalue weighted by Gasteiger charge is -2.22. The topological polar surface area (TPSA) is 32.3 Å². The lowest BCUT2D eigenvalue weighted by Crippen LogP contribution is -2.33. The van der Waals surface area contributed by atoms with E-state index in [4.69, 9.17) is 0 Å². The Morgan fingerprint density at radius 2 is 2.18 bits per heavy atom. The molecule has 1 amide bonds. The first-order valence-electron chi connectivity index (χ1n) is 5.85. The lowest BCUT2D eigenvalue weighted by atomic mass is 9.86. The number of carbonyl (C=O) groups excluding carboxylic acids is 1. The molecule has 0 radical (unpaired) electrons. The molecular formula is C12H22Cl2N2O. The van der Waals surface area contributed by atoms with Crippen LogP contribution in [-0.2, 0) is 4.79 Å². The van der Waals surface area contributed by atoms with Crippen LogP contribution in [-0.4, -0.2) is 37.0 Å². The number of rotatable bonds is 3. The molecule has 2 heterocycles. The van der Waals surface area contributed by atoms with Crippen molar-refractivity contribution in [3.05, 3.63) is 12.7 Å². The maximum atomic E-state index is 11.8. The van der Waals surface area contributed by atoms with Crippen molar-refractivity contribution in [1.82, 2.24) is 10.2 Å². The molecule has 2 aliphatic rings. The summed E-state index contributed by atoms with van der Waals surface area (Å²) in [5, 5.41) is 3.40. The zero-order valence-electron chi connectivity index (χ0n) is 10.1. The van der Waals surface area contributed by atoms with Crippen molar-refractivity contribution < 1.29 is 4.79 Å². The summed E-state index contributed by atoms with van der Waals surface area (Å²) in [5.41, 5.74) is 0.407. The number of hydrogen-bond donors (Lipinski definition) is 1. The number of amides is 1. The van der Waals surface area contributed by atoms with Crippen LogP contribution in [0, 0.1) is 5.41 Å². The Labute approximate surface area is 116 Å². The van der Waals surface area contributed by atoms with Crippen molar-refractivity contribution in [3.63, 3.8) is 0 Å². The second-order valence-electron chi connectivity index (χ2n) is 4.82. The van der Waals surface area contributed by atoms with E-state index >= 15 is 0 Å². The third kappa shape index (κ3) is 3.87. The highest BCUT2D eigenvalue weighted by atomic mass is 35.5. The third-order valence-electron chi connectivity index (χ3n) is 3.69.